The molecule has 0 aliphatic rings. The van der Waals surface area contributed by atoms with Crippen LogP contribution < -0.4 is 0 Å². The van der Waals surface area contributed by atoms with E-state index in [1.165, 1.54) is 24.3 Å². The highest BCUT2D eigenvalue weighted by Crippen LogP contribution is 2.35. The van der Waals surface area contributed by atoms with Gasteiger partial charge in [0.1, 0.15) is 17.3 Å². The lowest BCUT2D eigenvalue weighted by atomic mass is 10.2. The van der Waals surface area contributed by atoms with Gasteiger partial charge in [0.15, 0.2) is 11.5 Å². The Balaban J connectivity index is 1.80. The van der Waals surface area contributed by atoms with Crippen molar-refractivity contribution in [2.75, 3.05) is 0 Å². The Morgan fingerprint density at radius 2 is 1.44 bits per heavy atom. The first-order valence-corrected chi connectivity index (χ1v) is 10.4. The molecule has 0 saturated heterocycles. The van der Waals surface area contributed by atoms with Gasteiger partial charge in [-0.3, -0.25) is 0 Å². The molecule has 7 nitrogen and oxygen atoms in total. The van der Waals surface area contributed by atoms with E-state index in [0.29, 0.717) is 34.4 Å². The molecule has 0 unspecified atom stereocenters. The van der Waals surface area contributed by atoms with Crippen LogP contribution in [0.2, 0.25) is 0 Å². The minimum Gasteiger partial charge on any atom is -0.456 e. The number of halogens is 1. The van der Waals surface area contributed by atoms with Crippen molar-refractivity contribution in [3.8, 4) is 40.7 Å². The van der Waals surface area contributed by atoms with Gasteiger partial charge in [0.05, 0.1) is 42.4 Å². The molecule has 0 radical (unpaired) electrons. The molecule has 0 spiro atoms. The molecule has 3 aromatic heterocycles. The summed E-state index contributed by atoms with van der Waals surface area (Å²) in [5.74, 6) is 1.18. The van der Waals surface area contributed by atoms with Gasteiger partial charge >= 0.3 is 0 Å². The lowest BCUT2D eigenvalue weighted by Crippen LogP contribution is -2.01. The number of hydrogen-bond donors (Lipinski definition) is 0. The predicted molar refractivity (Wildman–Crippen MR) is 131 cm³/mol. The second kappa shape index (κ2) is 10.4. The average Bonchev–Trinajstić information content (AvgIpc) is 3.65. The van der Waals surface area contributed by atoms with Gasteiger partial charge in [0.2, 0.25) is 0 Å². The Morgan fingerprint density at radius 3 is 2.06 bits per heavy atom. The first-order valence-electron chi connectivity index (χ1n) is 10.4. The van der Waals surface area contributed by atoms with E-state index in [9.17, 15) is 4.39 Å². The minimum atomic E-state index is -0.456. The summed E-state index contributed by atoms with van der Waals surface area (Å²) in [7, 11) is 0. The molecule has 36 heavy (non-hydrogen) atoms. The first-order chi connectivity index (χ1) is 17.6. The number of hydrogen-bond acceptors (Lipinski definition) is 4. The zero-order valence-corrected chi connectivity index (χ0v) is 18.5. The maximum atomic E-state index is 14.9. The second-order valence-corrected chi connectivity index (χ2v) is 7.18. The monoisotopic (exact) mass is 471 g/mol. The molecule has 0 saturated carbocycles. The van der Waals surface area contributed by atoms with E-state index >= 15 is 0 Å². The Labute approximate surface area is 205 Å². The molecule has 0 amide bonds. The van der Waals surface area contributed by atoms with Crippen molar-refractivity contribution in [3.63, 3.8) is 0 Å². The summed E-state index contributed by atoms with van der Waals surface area (Å²) in [6.07, 6.45) is 5.86. The van der Waals surface area contributed by atoms with E-state index in [4.69, 9.17) is 32.5 Å². The molecule has 0 fully saturated rings. The molecule has 0 N–H and O–H groups in total. The standard InChI is InChI=1S/C28H14FN5O2/c1-32-19(17-30)6-5-7-21-10-14-27(35-21)25-12-13-26(34(25)24-9-4-3-8-23(24)29)28-15-11-22(36-28)16-20(18-31)33-2/h3-16H/b7-5+,19-6-,20-16+. The van der Waals surface area contributed by atoms with Gasteiger partial charge in [-0.25, -0.2) is 24.6 Å². The van der Waals surface area contributed by atoms with E-state index in [2.05, 4.69) is 9.69 Å². The van der Waals surface area contributed by atoms with Gasteiger partial charge in [-0.1, -0.05) is 18.2 Å². The van der Waals surface area contributed by atoms with Crippen molar-refractivity contribution in [3.05, 3.63) is 124 Å². The molecule has 4 rings (SSSR count). The van der Waals surface area contributed by atoms with Crippen molar-refractivity contribution in [1.82, 2.24) is 4.57 Å². The summed E-state index contributed by atoms with van der Waals surface area (Å²) in [5, 5.41) is 17.8. The Bertz CT molecular complexity index is 1670. The molecule has 0 aliphatic carbocycles. The highest BCUT2D eigenvalue weighted by molar-refractivity contribution is 5.70. The third-order valence-corrected chi connectivity index (χ3v) is 5.00. The van der Waals surface area contributed by atoms with Gasteiger partial charge in [0.25, 0.3) is 11.4 Å². The zero-order chi connectivity index (χ0) is 25.5. The number of rotatable bonds is 6. The molecular formula is C28H14FN5O2. The Morgan fingerprint density at radius 1 is 0.833 bits per heavy atom. The van der Waals surface area contributed by atoms with Crippen LogP contribution in [0, 0.1) is 41.6 Å². The van der Waals surface area contributed by atoms with Crippen molar-refractivity contribution >= 4 is 12.2 Å². The second-order valence-electron chi connectivity index (χ2n) is 7.18. The summed E-state index contributed by atoms with van der Waals surface area (Å²) >= 11 is 0. The van der Waals surface area contributed by atoms with Crippen molar-refractivity contribution in [1.29, 1.82) is 10.5 Å². The van der Waals surface area contributed by atoms with Gasteiger partial charge in [-0.2, -0.15) is 0 Å². The quantitative estimate of drug-likeness (QED) is 0.168. The molecule has 3 heterocycles. The van der Waals surface area contributed by atoms with Gasteiger partial charge in [-0.05, 0) is 66.8 Å². The highest BCUT2D eigenvalue weighted by atomic mass is 19.1. The number of allylic oxidation sites excluding steroid dienone is 4. The summed E-state index contributed by atoms with van der Waals surface area (Å²) in [5.41, 5.74) is 1.18. The van der Waals surface area contributed by atoms with E-state index in [-0.39, 0.29) is 17.1 Å². The Kier molecular flexibility index (Phi) is 6.74. The summed E-state index contributed by atoms with van der Waals surface area (Å²) in [6.45, 7) is 14.0. The fourth-order valence-electron chi connectivity index (χ4n) is 3.42. The largest absolute Gasteiger partial charge is 0.456 e. The number of benzene rings is 1. The normalized spacial score (nSPS) is 11.6. The lowest BCUT2D eigenvalue weighted by Gasteiger charge is -2.12. The van der Waals surface area contributed by atoms with Crippen LogP contribution in [0.1, 0.15) is 11.5 Å². The van der Waals surface area contributed by atoms with E-state index in [1.807, 2.05) is 0 Å². The smallest absolute Gasteiger partial charge is 0.265 e. The third-order valence-electron chi connectivity index (χ3n) is 5.00. The first kappa shape index (κ1) is 23.3. The molecule has 8 heteroatoms. The average molecular weight is 471 g/mol. The summed E-state index contributed by atoms with van der Waals surface area (Å²) in [4.78, 5) is 6.22. The number of nitriles is 2. The Hall–Kier alpha value is -5.83. The van der Waals surface area contributed by atoms with Crippen LogP contribution in [0.25, 0.3) is 50.4 Å². The van der Waals surface area contributed by atoms with Crippen LogP contribution in [0.15, 0.2) is 93.0 Å². The molecule has 4 aromatic rings. The van der Waals surface area contributed by atoms with Crippen molar-refractivity contribution < 1.29 is 13.2 Å². The van der Waals surface area contributed by atoms with Gasteiger partial charge in [-0.15, -0.1) is 0 Å². The number of para-hydroxylation sites is 1. The van der Waals surface area contributed by atoms with E-state index in [1.54, 1.807) is 77.4 Å². The SMILES string of the molecule is [C-]#[N+]/C(C#N)=C\C=C\c1ccc(-c2ccc(-c3ccc(/C=C(\C#N)[N+]#[C-])o3)n2-c2ccccc2F)o1. The molecule has 170 valence electrons. The van der Waals surface area contributed by atoms with E-state index in [0.717, 1.165) is 0 Å². The van der Waals surface area contributed by atoms with Crippen LogP contribution in [0.4, 0.5) is 4.39 Å². The lowest BCUT2D eigenvalue weighted by molar-refractivity contribution is 0.561. The highest BCUT2D eigenvalue weighted by Gasteiger charge is 2.20. The molecule has 0 aliphatic heterocycles. The molecular weight excluding hydrogens is 457 g/mol. The van der Waals surface area contributed by atoms with Crippen LogP contribution in [-0.4, -0.2) is 4.57 Å². The predicted octanol–water partition coefficient (Wildman–Crippen LogP) is 7.26. The minimum absolute atomic E-state index is 0.0537. The number of furan rings is 2. The third kappa shape index (κ3) is 4.75. The van der Waals surface area contributed by atoms with E-state index < -0.39 is 5.82 Å². The zero-order valence-electron chi connectivity index (χ0n) is 18.5. The molecule has 0 atom stereocenters. The molecule has 0 bridgehead atoms. The van der Waals surface area contributed by atoms with Gasteiger partial charge < -0.3 is 13.4 Å². The fraction of sp³-hybridized carbons (Fsp3) is 0. The number of nitrogens with zero attached hydrogens (tertiary/aromatic N) is 5. The van der Waals surface area contributed by atoms with Crippen LogP contribution >= 0.6 is 0 Å². The maximum Gasteiger partial charge on any atom is 0.265 e. The summed E-state index contributed by atoms with van der Waals surface area (Å²) in [6, 6.07) is 20.1. The maximum absolute atomic E-state index is 14.9. The molecule has 1 aromatic carbocycles. The summed E-state index contributed by atoms with van der Waals surface area (Å²) < 4.78 is 28.3. The van der Waals surface area contributed by atoms with Crippen molar-refractivity contribution in [2.24, 2.45) is 0 Å². The van der Waals surface area contributed by atoms with Crippen LogP contribution in [0.5, 0.6) is 0 Å². The number of aromatic nitrogens is 1. The topological polar surface area (TPSA) is 87.5 Å². The van der Waals surface area contributed by atoms with Crippen LogP contribution in [-0.2, 0) is 0 Å². The van der Waals surface area contributed by atoms with Gasteiger partial charge in [0, 0.05) is 0 Å². The van der Waals surface area contributed by atoms with Crippen molar-refractivity contribution in [2.45, 2.75) is 0 Å². The fourth-order valence-corrected chi connectivity index (χ4v) is 3.42. The van der Waals surface area contributed by atoms with Crippen LogP contribution in [0.3, 0.4) is 0 Å².